The molecular weight excluding hydrogens is 234 g/mol. The molecule has 0 amide bonds. The van der Waals surface area contributed by atoms with Crippen LogP contribution in [0.5, 0.6) is 5.75 Å². The fourth-order valence-electron chi connectivity index (χ4n) is 1.46. The van der Waals surface area contributed by atoms with E-state index >= 15 is 0 Å². The molecule has 17 heavy (non-hydrogen) atoms. The monoisotopic (exact) mass is 249 g/mol. The lowest BCUT2D eigenvalue weighted by Gasteiger charge is -1.99. The Kier molecular flexibility index (Phi) is 4.06. The lowest BCUT2D eigenvalue weighted by Crippen LogP contribution is -1.99. The summed E-state index contributed by atoms with van der Waals surface area (Å²) in [4.78, 5) is 0. The number of rotatable bonds is 5. The molecule has 1 aromatic heterocycles. The predicted molar refractivity (Wildman–Crippen MR) is 69.3 cm³/mol. The number of nitrogens with zero attached hydrogens (tertiary/aromatic N) is 2. The number of methoxy groups -OCH3 is 1. The van der Waals surface area contributed by atoms with Crippen molar-refractivity contribution in [3.63, 3.8) is 0 Å². The van der Waals surface area contributed by atoms with Gasteiger partial charge in [-0.05, 0) is 37.2 Å². The van der Waals surface area contributed by atoms with Crippen LogP contribution in [0.2, 0.25) is 0 Å². The molecule has 2 N–H and O–H groups in total. The predicted octanol–water partition coefficient (Wildman–Crippen LogP) is 2.10. The summed E-state index contributed by atoms with van der Waals surface area (Å²) in [6, 6.07) is 7.84. The largest absolute Gasteiger partial charge is 0.497 e. The fraction of sp³-hybridized carbons (Fsp3) is 0.333. The lowest BCUT2D eigenvalue weighted by molar-refractivity contribution is 0.415. The van der Waals surface area contributed by atoms with E-state index in [-0.39, 0.29) is 0 Å². The van der Waals surface area contributed by atoms with Gasteiger partial charge in [0.15, 0.2) is 0 Å². The first-order valence-corrected chi connectivity index (χ1v) is 6.32. The lowest BCUT2D eigenvalue weighted by atomic mass is 10.2. The average Bonchev–Trinajstić information content (AvgIpc) is 2.85. The van der Waals surface area contributed by atoms with Crippen LogP contribution in [0.4, 0.5) is 0 Å². The van der Waals surface area contributed by atoms with Crippen LogP contribution in [0.25, 0.3) is 10.6 Å². The summed E-state index contributed by atoms with van der Waals surface area (Å²) in [5.41, 5.74) is 6.54. The van der Waals surface area contributed by atoms with E-state index in [0.717, 1.165) is 34.2 Å². The molecule has 90 valence electrons. The first-order chi connectivity index (χ1) is 8.33. The molecule has 4 nitrogen and oxygen atoms in total. The topological polar surface area (TPSA) is 61.0 Å². The van der Waals surface area contributed by atoms with Crippen LogP contribution in [0.3, 0.4) is 0 Å². The summed E-state index contributed by atoms with van der Waals surface area (Å²) < 4.78 is 5.12. The minimum absolute atomic E-state index is 0.692. The summed E-state index contributed by atoms with van der Waals surface area (Å²) in [6.45, 7) is 0.692. The molecule has 0 saturated carbocycles. The summed E-state index contributed by atoms with van der Waals surface area (Å²) >= 11 is 1.62. The molecule has 0 fully saturated rings. The van der Waals surface area contributed by atoms with Crippen molar-refractivity contribution in [3.05, 3.63) is 29.3 Å². The molecule has 1 heterocycles. The van der Waals surface area contributed by atoms with Crippen LogP contribution < -0.4 is 10.5 Å². The summed E-state index contributed by atoms with van der Waals surface area (Å²) in [6.07, 6.45) is 1.86. The van der Waals surface area contributed by atoms with Gasteiger partial charge in [0, 0.05) is 12.0 Å². The Morgan fingerprint density at radius 1 is 1.24 bits per heavy atom. The average molecular weight is 249 g/mol. The molecule has 0 radical (unpaired) electrons. The Bertz CT molecular complexity index is 467. The van der Waals surface area contributed by atoms with Crippen molar-refractivity contribution in [2.45, 2.75) is 12.8 Å². The van der Waals surface area contributed by atoms with Crippen molar-refractivity contribution in [2.75, 3.05) is 13.7 Å². The van der Waals surface area contributed by atoms with Crippen molar-refractivity contribution in [2.24, 2.45) is 5.73 Å². The van der Waals surface area contributed by atoms with Gasteiger partial charge in [0.25, 0.3) is 0 Å². The van der Waals surface area contributed by atoms with Crippen LogP contribution in [0, 0.1) is 0 Å². The Morgan fingerprint density at radius 2 is 2.00 bits per heavy atom. The maximum Gasteiger partial charge on any atom is 0.147 e. The molecule has 0 aliphatic rings. The van der Waals surface area contributed by atoms with E-state index in [2.05, 4.69) is 10.2 Å². The Labute approximate surface area is 104 Å². The summed E-state index contributed by atoms with van der Waals surface area (Å²) in [7, 11) is 1.66. The number of benzene rings is 1. The van der Waals surface area contributed by atoms with Gasteiger partial charge in [-0.25, -0.2) is 0 Å². The number of aryl methyl sites for hydroxylation is 1. The third-order valence-electron chi connectivity index (χ3n) is 2.40. The normalized spacial score (nSPS) is 10.5. The molecule has 0 saturated heterocycles. The quantitative estimate of drug-likeness (QED) is 0.881. The van der Waals surface area contributed by atoms with Crippen LogP contribution in [0.15, 0.2) is 24.3 Å². The molecular formula is C12H15N3OS. The molecule has 0 aliphatic carbocycles. The Hall–Kier alpha value is -1.46. The molecule has 2 aromatic rings. The zero-order valence-electron chi connectivity index (χ0n) is 9.72. The van der Waals surface area contributed by atoms with Gasteiger partial charge in [0.1, 0.15) is 15.8 Å². The molecule has 0 bridgehead atoms. The highest BCUT2D eigenvalue weighted by atomic mass is 32.1. The van der Waals surface area contributed by atoms with Crippen LogP contribution in [0.1, 0.15) is 11.4 Å². The van der Waals surface area contributed by atoms with E-state index in [1.807, 2.05) is 24.3 Å². The second-order valence-corrected chi connectivity index (χ2v) is 4.68. The number of hydrogen-bond acceptors (Lipinski definition) is 5. The zero-order valence-corrected chi connectivity index (χ0v) is 10.5. The van der Waals surface area contributed by atoms with E-state index in [1.54, 1.807) is 18.4 Å². The molecule has 2 rings (SSSR count). The van der Waals surface area contributed by atoms with Crippen LogP contribution in [-0.4, -0.2) is 23.9 Å². The van der Waals surface area contributed by atoms with Crippen molar-refractivity contribution in [1.82, 2.24) is 10.2 Å². The first-order valence-electron chi connectivity index (χ1n) is 5.50. The number of aromatic nitrogens is 2. The fourth-order valence-corrected chi connectivity index (χ4v) is 2.34. The Balaban J connectivity index is 2.12. The summed E-state index contributed by atoms with van der Waals surface area (Å²) in [5.74, 6) is 0.849. The van der Waals surface area contributed by atoms with Gasteiger partial charge in [-0.15, -0.1) is 10.2 Å². The smallest absolute Gasteiger partial charge is 0.147 e. The van der Waals surface area contributed by atoms with Gasteiger partial charge >= 0.3 is 0 Å². The highest BCUT2D eigenvalue weighted by molar-refractivity contribution is 7.14. The van der Waals surface area contributed by atoms with Gasteiger partial charge in [-0.3, -0.25) is 0 Å². The van der Waals surface area contributed by atoms with Gasteiger partial charge in [-0.2, -0.15) is 0 Å². The molecule has 0 spiro atoms. The molecule has 0 atom stereocenters. The van der Waals surface area contributed by atoms with E-state index < -0.39 is 0 Å². The third-order valence-corrected chi connectivity index (χ3v) is 3.43. The van der Waals surface area contributed by atoms with Crippen molar-refractivity contribution in [3.8, 4) is 16.3 Å². The zero-order chi connectivity index (χ0) is 12.1. The van der Waals surface area contributed by atoms with Gasteiger partial charge < -0.3 is 10.5 Å². The highest BCUT2D eigenvalue weighted by Crippen LogP contribution is 2.25. The first kappa shape index (κ1) is 12.0. The third kappa shape index (κ3) is 3.01. The molecule has 1 aromatic carbocycles. The number of ether oxygens (including phenoxy) is 1. The van der Waals surface area contributed by atoms with Crippen LogP contribution in [-0.2, 0) is 6.42 Å². The van der Waals surface area contributed by atoms with E-state index in [9.17, 15) is 0 Å². The van der Waals surface area contributed by atoms with Crippen molar-refractivity contribution >= 4 is 11.3 Å². The SMILES string of the molecule is COc1ccc(-c2nnc(CCCN)s2)cc1. The Morgan fingerprint density at radius 3 is 2.65 bits per heavy atom. The second kappa shape index (κ2) is 5.75. The summed E-state index contributed by atoms with van der Waals surface area (Å²) in [5, 5.41) is 10.3. The van der Waals surface area contributed by atoms with Crippen molar-refractivity contribution in [1.29, 1.82) is 0 Å². The van der Waals surface area contributed by atoms with Crippen LogP contribution >= 0.6 is 11.3 Å². The van der Waals surface area contributed by atoms with E-state index in [4.69, 9.17) is 10.5 Å². The molecule has 0 aliphatic heterocycles. The molecule has 0 unspecified atom stereocenters. The minimum Gasteiger partial charge on any atom is -0.497 e. The second-order valence-electron chi connectivity index (χ2n) is 3.62. The maximum absolute atomic E-state index is 5.47. The van der Waals surface area contributed by atoms with Gasteiger partial charge in [0.2, 0.25) is 0 Å². The van der Waals surface area contributed by atoms with E-state index in [0.29, 0.717) is 6.54 Å². The van der Waals surface area contributed by atoms with Gasteiger partial charge in [-0.1, -0.05) is 11.3 Å². The number of hydrogen-bond donors (Lipinski definition) is 1. The minimum atomic E-state index is 0.692. The molecule has 5 heteroatoms. The van der Waals surface area contributed by atoms with Crippen molar-refractivity contribution < 1.29 is 4.74 Å². The number of nitrogens with two attached hydrogens (primary N) is 1. The highest BCUT2D eigenvalue weighted by Gasteiger charge is 2.06. The maximum atomic E-state index is 5.47. The standard InChI is InChI=1S/C12H15N3OS/c1-16-10-6-4-9(5-7-10)12-15-14-11(17-12)3-2-8-13/h4-7H,2-3,8,13H2,1H3. The van der Waals surface area contributed by atoms with Gasteiger partial charge in [0.05, 0.1) is 7.11 Å². The van der Waals surface area contributed by atoms with E-state index in [1.165, 1.54) is 0 Å².